The number of fused-ring (bicyclic) bond motifs is 1. The monoisotopic (exact) mass is 597 g/mol. The highest BCUT2D eigenvalue weighted by atomic mass is 35.5. The minimum absolute atomic E-state index is 0.144. The van der Waals surface area contributed by atoms with Crippen molar-refractivity contribution in [3.63, 3.8) is 0 Å². The Labute approximate surface area is 219 Å². The first kappa shape index (κ1) is 28.3. The molecule has 1 unspecified atom stereocenters. The summed E-state index contributed by atoms with van der Waals surface area (Å²) in [5.41, 5.74) is 0.959. The number of nitrogens with zero attached hydrogens (tertiary/aromatic N) is 4. The van der Waals surface area contributed by atoms with Gasteiger partial charge in [-0.15, -0.1) is 0 Å². The number of aliphatic hydroxyl groups excluding tert-OH is 2. The zero-order chi connectivity index (χ0) is 27.1. The Balaban J connectivity index is 1.56. The number of hydrogen-bond donors (Lipinski definition) is 6. The molecule has 0 saturated carbocycles. The molecule has 0 radical (unpaired) electrons. The second kappa shape index (κ2) is 10.8. The van der Waals surface area contributed by atoms with Crippen LogP contribution in [-0.4, -0.2) is 75.5 Å². The summed E-state index contributed by atoms with van der Waals surface area (Å²) in [7, 11) is -9.54. The van der Waals surface area contributed by atoms with Gasteiger partial charge in [0, 0.05) is 5.02 Å². The van der Waals surface area contributed by atoms with Crippen LogP contribution in [0.4, 0.5) is 5.82 Å². The molecule has 1 saturated heterocycles. The molecule has 1 fully saturated rings. The summed E-state index contributed by atoms with van der Waals surface area (Å²) in [6.45, 7) is 1.13. The average molecular weight is 598 g/mol. The van der Waals surface area contributed by atoms with Crippen molar-refractivity contribution < 1.29 is 43.3 Å². The van der Waals surface area contributed by atoms with E-state index in [0.717, 1.165) is 10.2 Å². The highest BCUT2D eigenvalue weighted by molar-refractivity contribution is 7.70. The van der Waals surface area contributed by atoms with E-state index in [0.29, 0.717) is 16.2 Å². The topological polar surface area (TPSA) is 209 Å². The van der Waals surface area contributed by atoms with Gasteiger partial charge < -0.3 is 39.5 Å². The maximum Gasteiger partial charge on any atom is 0.340 e. The van der Waals surface area contributed by atoms with Gasteiger partial charge in [-0.05, 0) is 30.2 Å². The molecule has 37 heavy (non-hydrogen) atoms. The van der Waals surface area contributed by atoms with Crippen molar-refractivity contribution in [2.24, 2.45) is 0 Å². The fraction of sp³-hybridized carbons (Fsp3) is 0.421. The van der Waals surface area contributed by atoms with E-state index in [1.165, 1.54) is 6.20 Å². The van der Waals surface area contributed by atoms with E-state index in [4.69, 9.17) is 42.2 Å². The third kappa shape index (κ3) is 6.49. The molecule has 0 amide bonds. The van der Waals surface area contributed by atoms with E-state index in [9.17, 15) is 24.2 Å². The second-order valence-corrected chi connectivity index (χ2v) is 13.1. The van der Waals surface area contributed by atoms with Gasteiger partial charge in [0.15, 0.2) is 17.8 Å². The van der Waals surface area contributed by atoms with E-state index in [1.807, 2.05) is 19.1 Å². The van der Waals surface area contributed by atoms with Crippen LogP contribution < -0.4 is 5.32 Å². The number of aliphatic hydroxyl groups is 2. The molecule has 3 aromatic rings. The summed E-state index contributed by atoms with van der Waals surface area (Å²) >= 11 is 12.4. The molecule has 6 atom stereocenters. The molecule has 3 heterocycles. The molecule has 6 N–H and O–H groups in total. The largest absolute Gasteiger partial charge is 0.387 e. The molecule has 1 aliphatic rings. The fourth-order valence-corrected chi connectivity index (χ4v) is 6.87. The molecular formula is C19H23Cl2N5O9P2. The van der Waals surface area contributed by atoms with Gasteiger partial charge in [0.2, 0.25) is 5.28 Å². The quantitative estimate of drug-likeness (QED) is 0.154. The predicted octanol–water partition coefficient (Wildman–Crippen LogP) is 2.26. The van der Waals surface area contributed by atoms with Gasteiger partial charge in [-0.3, -0.25) is 9.13 Å². The van der Waals surface area contributed by atoms with Gasteiger partial charge >= 0.3 is 15.2 Å². The number of halogens is 2. The Morgan fingerprint density at radius 3 is 2.54 bits per heavy atom. The maximum absolute atomic E-state index is 11.9. The standard InChI is InChI=1S/C19H23Cl2N5O9P2/c1-9(10-4-2-3-5-12(10)20)23-16-11-6-22-26(17(11)25-19(21)24-16)18-15(28)14(27)13(35-18)7-34-37(32,33)8-36(29,30)31/h2-6,9,13-15,18,27-28H,7-8H2,1H3,(H,32,33)(H,23,24,25)(H2,29,30,31)/t9-,13+,14+,15+,18+/m0/s1. The molecule has 14 nitrogen and oxygen atoms in total. The van der Waals surface area contributed by atoms with Crippen LogP contribution in [0, 0.1) is 0 Å². The van der Waals surface area contributed by atoms with Gasteiger partial charge in [-0.2, -0.15) is 15.1 Å². The third-order valence-corrected chi connectivity index (χ3v) is 9.50. The van der Waals surface area contributed by atoms with Crippen LogP contribution in [-0.2, 0) is 18.4 Å². The van der Waals surface area contributed by atoms with E-state index >= 15 is 0 Å². The number of rotatable bonds is 9. The summed E-state index contributed by atoms with van der Waals surface area (Å²) in [5, 5.41) is 29.2. The summed E-state index contributed by atoms with van der Waals surface area (Å²) < 4.78 is 34.5. The number of anilines is 1. The van der Waals surface area contributed by atoms with Crippen LogP contribution in [0.1, 0.15) is 24.8 Å². The second-order valence-electron chi connectivity index (χ2n) is 8.34. The fourth-order valence-electron chi connectivity index (χ4n) is 3.84. The smallest absolute Gasteiger partial charge is 0.340 e. The molecule has 1 aromatic carbocycles. The molecule has 1 aliphatic heterocycles. The van der Waals surface area contributed by atoms with Crippen LogP contribution in [0.3, 0.4) is 0 Å². The van der Waals surface area contributed by atoms with Gasteiger partial charge in [0.25, 0.3) is 0 Å². The van der Waals surface area contributed by atoms with Crippen molar-refractivity contribution in [1.82, 2.24) is 19.7 Å². The average Bonchev–Trinajstić information content (AvgIpc) is 3.32. The number of hydrogen-bond acceptors (Lipinski definition) is 10. The van der Waals surface area contributed by atoms with Crippen LogP contribution in [0.25, 0.3) is 11.0 Å². The number of benzene rings is 1. The molecule has 18 heteroatoms. The Morgan fingerprint density at radius 2 is 1.86 bits per heavy atom. The summed E-state index contributed by atoms with van der Waals surface area (Å²) in [6.07, 6.45) is -4.38. The van der Waals surface area contributed by atoms with Crippen molar-refractivity contribution in [2.45, 2.75) is 37.5 Å². The minimum Gasteiger partial charge on any atom is -0.387 e. The zero-order valence-corrected chi connectivity index (χ0v) is 22.3. The van der Waals surface area contributed by atoms with Crippen LogP contribution in [0.15, 0.2) is 30.5 Å². The van der Waals surface area contributed by atoms with E-state index in [1.54, 1.807) is 12.1 Å². The van der Waals surface area contributed by atoms with Gasteiger partial charge in [-0.25, -0.2) is 4.68 Å². The predicted molar refractivity (Wildman–Crippen MR) is 132 cm³/mol. The maximum atomic E-state index is 11.9. The van der Waals surface area contributed by atoms with Gasteiger partial charge in [0.05, 0.1) is 24.2 Å². The van der Waals surface area contributed by atoms with Crippen molar-refractivity contribution in [3.8, 4) is 0 Å². The normalized spacial score (nSPS) is 24.8. The molecule has 202 valence electrons. The molecule has 0 spiro atoms. The first-order chi connectivity index (χ1) is 17.3. The first-order valence-corrected chi connectivity index (χ1v) is 15.0. The highest BCUT2D eigenvalue weighted by Gasteiger charge is 2.46. The lowest BCUT2D eigenvalue weighted by atomic mass is 10.1. The minimum atomic E-state index is -4.84. The molecule has 0 bridgehead atoms. The SMILES string of the molecule is C[C@H](Nc1nc(Cl)nc2c1cnn2[C@@H]1O[C@H](COP(=O)(O)CP(=O)(O)O)[C@@H](O)[C@H]1O)c1ccccc1Cl. The Kier molecular flexibility index (Phi) is 8.30. The number of aromatic nitrogens is 4. The number of ether oxygens (including phenoxy) is 1. The van der Waals surface area contributed by atoms with E-state index in [-0.39, 0.29) is 17.0 Å². The van der Waals surface area contributed by atoms with Crippen LogP contribution in [0.5, 0.6) is 0 Å². The zero-order valence-electron chi connectivity index (χ0n) is 19.0. The summed E-state index contributed by atoms with van der Waals surface area (Å²) in [5.74, 6) is -1.09. The molecule has 4 rings (SSSR count). The Bertz CT molecular complexity index is 1390. The highest BCUT2D eigenvalue weighted by Crippen LogP contribution is 2.55. The Morgan fingerprint density at radius 1 is 1.16 bits per heavy atom. The first-order valence-electron chi connectivity index (χ1n) is 10.7. The van der Waals surface area contributed by atoms with E-state index in [2.05, 4.69) is 20.4 Å². The number of nitrogens with one attached hydrogen (secondary N) is 1. The van der Waals surface area contributed by atoms with Crippen molar-refractivity contribution in [3.05, 3.63) is 46.3 Å². The van der Waals surface area contributed by atoms with Crippen molar-refractivity contribution >= 4 is 55.2 Å². The molecular weight excluding hydrogens is 575 g/mol. The Hall–Kier alpha value is -1.67. The summed E-state index contributed by atoms with van der Waals surface area (Å²) in [6, 6.07) is 6.96. The van der Waals surface area contributed by atoms with Crippen LogP contribution in [0.2, 0.25) is 10.3 Å². The third-order valence-electron chi connectivity index (χ3n) is 5.53. The van der Waals surface area contributed by atoms with E-state index < -0.39 is 52.2 Å². The van der Waals surface area contributed by atoms with Crippen molar-refractivity contribution in [2.75, 3.05) is 17.8 Å². The van der Waals surface area contributed by atoms with Gasteiger partial charge in [-0.1, -0.05) is 29.8 Å². The van der Waals surface area contributed by atoms with Crippen LogP contribution >= 0.6 is 38.4 Å². The lowest BCUT2D eigenvalue weighted by molar-refractivity contribution is -0.0541. The van der Waals surface area contributed by atoms with Gasteiger partial charge in [0.1, 0.15) is 24.1 Å². The lowest BCUT2D eigenvalue weighted by Crippen LogP contribution is -2.33. The van der Waals surface area contributed by atoms with Crippen molar-refractivity contribution in [1.29, 1.82) is 0 Å². The lowest BCUT2D eigenvalue weighted by Gasteiger charge is -2.18. The molecule has 0 aliphatic carbocycles. The summed E-state index contributed by atoms with van der Waals surface area (Å²) in [4.78, 5) is 35.9. The molecule has 2 aromatic heterocycles.